The number of methoxy groups -OCH3 is 1. The largest absolute Gasteiger partial charge is 0.507 e. The molecule has 0 aliphatic carbocycles. The molecule has 108 valence electrons. The third kappa shape index (κ3) is 3.28. The summed E-state index contributed by atoms with van der Waals surface area (Å²) in [4.78, 5) is 24.4. The Labute approximate surface area is 123 Å². The van der Waals surface area contributed by atoms with Crippen LogP contribution >= 0.6 is 0 Å². The van der Waals surface area contributed by atoms with Gasteiger partial charge < -0.3 is 9.84 Å². The number of phenolic OH excluding ortho intramolecular Hbond substituents is 1. The standard InChI is InChI=1S/C17H16O4/c1-11-7-8-14(18)13(9-11)16(20)10-15(19)12-5-3-4-6-17(12)21-2/h3-9,18H,10H2,1-2H3. The number of para-hydroxylation sites is 1. The van der Waals surface area contributed by atoms with Gasteiger partial charge in [-0.25, -0.2) is 0 Å². The molecule has 0 heterocycles. The second kappa shape index (κ2) is 6.22. The van der Waals surface area contributed by atoms with E-state index in [1.165, 1.54) is 13.2 Å². The summed E-state index contributed by atoms with van der Waals surface area (Å²) < 4.78 is 5.12. The Hall–Kier alpha value is -2.62. The first kappa shape index (κ1) is 14.8. The number of ether oxygens (including phenoxy) is 1. The number of benzene rings is 2. The second-order valence-electron chi connectivity index (χ2n) is 4.74. The fourth-order valence-corrected chi connectivity index (χ4v) is 2.08. The first-order valence-electron chi connectivity index (χ1n) is 6.52. The van der Waals surface area contributed by atoms with E-state index < -0.39 is 5.78 Å². The molecule has 0 radical (unpaired) electrons. The van der Waals surface area contributed by atoms with Gasteiger partial charge in [0.1, 0.15) is 11.5 Å². The van der Waals surface area contributed by atoms with Crippen molar-refractivity contribution in [2.45, 2.75) is 13.3 Å². The molecule has 2 aromatic rings. The summed E-state index contributed by atoms with van der Waals surface area (Å²) in [5, 5.41) is 9.73. The fraction of sp³-hybridized carbons (Fsp3) is 0.176. The zero-order valence-electron chi connectivity index (χ0n) is 11.9. The second-order valence-corrected chi connectivity index (χ2v) is 4.74. The van der Waals surface area contributed by atoms with Crippen LogP contribution in [0.5, 0.6) is 11.5 Å². The maximum Gasteiger partial charge on any atom is 0.174 e. The van der Waals surface area contributed by atoms with Gasteiger partial charge >= 0.3 is 0 Å². The Bertz CT molecular complexity index is 689. The zero-order chi connectivity index (χ0) is 15.4. The lowest BCUT2D eigenvalue weighted by Gasteiger charge is -2.08. The molecule has 0 saturated heterocycles. The minimum Gasteiger partial charge on any atom is -0.507 e. The Morgan fingerprint density at radius 1 is 1.05 bits per heavy atom. The molecule has 0 aliphatic rings. The molecule has 1 N–H and O–H groups in total. The Morgan fingerprint density at radius 3 is 2.43 bits per heavy atom. The molecule has 0 spiro atoms. The third-order valence-electron chi connectivity index (χ3n) is 3.18. The number of ketones is 2. The average Bonchev–Trinajstić information content (AvgIpc) is 2.49. The maximum absolute atomic E-state index is 12.2. The van der Waals surface area contributed by atoms with E-state index >= 15 is 0 Å². The van der Waals surface area contributed by atoms with Crippen molar-refractivity contribution in [3.05, 3.63) is 59.2 Å². The highest BCUT2D eigenvalue weighted by molar-refractivity contribution is 6.15. The van der Waals surface area contributed by atoms with Crippen LogP contribution in [0.15, 0.2) is 42.5 Å². The van der Waals surface area contributed by atoms with Gasteiger partial charge in [-0.2, -0.15) is 0 Å². The fourth-order valence-electron chi connectivity index (χ4n) is 2.08. The van der Waals surface area contributed by atoms with Crippen molar-refractivity contribution in [2.75, 3.05) is 7.11 Å². The van der Waals surface area contributed by atoms with Crippen molar-refractivity contribution in [1.82, 2.24) is 0 Å². The lowest BCUT2D eigenvalue weighted by Crippen LogP contribution is -2.10. The van der Waals surface area contributed by atoms with Crippen LogP contribution in [-0.2, 0) is 0 Å². The summed E-state index contributed by atoms with van der Waals surface area (Å²) in [6.07, 6.45) is -0.308. The van der Waals surface area contributed by atoms with E-state index in [2.05, 4.69) is 0 Å². The molecule has 21 heavy (non-hydrogen) atoms. The summed E-state index contributed by atoms with van der Waals surface area (Å²) in [5.41, 5.74) is 1.37. The van der Waals surface area contributed by atoms with Crippen LogP contribution in [0.2, 0.25) is 0 Å². The van der Waals surface area contributed by atoms with Crippen LogP contribution in [0.3, 0.4) is 0 Å². The van der Waals surface area contributed by atoms with Gasteiger partial charge in [-0.1, -0.05) is 23.8 Å². The molecular weight excluding hydrogens is 268 g/mol. The van der Waals surface area contributed by atoms with Crippen molar-refractivity contribution in [2.24, 2.45) is 0 Å². The number of carbonyl (C=O) groups is 2. The predicted molar refractivity (Wildman–Crippen MR) is 79.1 cm³/mol. The van der Waals surface area contributed by atoms with Crippen LogP contribution in [0.25, 0.3) is 0 Å². The number of hydrogen-bond donors (Lipinski definition) is 1. The summed E-state index contributed by atoms with van der Waals surface area (Å²) in [7, 11) is 1.47. The smallest absolute Gasteiger partial charge is 0.174 e. The number of aryl methyl sites for hydroxylation is 1. The van der Waals surface area contributed by atoms with Crippen molar-refractivity contribution in [3.63, 3.8) is 0 Å². The van der Waals surface area contributed by atoms with Crippen molar-refractivity contribution in [1.29, 1.82) is 0 Å². The molecule has 0 bridgehead atoms. The lowest BCUT2D eigenvalue weighted by molar-refractivity contribution is 0.0891. The monoisotopic (exact) mass is 284 g/mol. The van der Waals surface area contributed by atoms with E-state index in [0.717, 1.165) is 5.56 Å². The van der Waals surface area contributed by atoms with E-state index in [-0.39, 0.29) is 23.5 Å². The van der Waals surface area contributed by atoms with Crippen LogP contribution in [-0.4, -0.2) is 23.8 Å². The van der Waals surface area contributed by atoms with E-state index in [9.17, 15) is 14.7 Å². The highest BCUT2D eigenvalue weighted by Gasteiger charge is 2.19. The number of Topliss-reactive ketones (excluding diaryl/α,β-unsaturated/α-hetero) is 2. The molecule has 2 aromatic carbocycles. The van der Waals surface area contributed by atoms with Gasteiger partial charge in [-0.15, -0.1) is 0 Å². The first-order valence-corrected chi connectivity index (χ1v) is 6.52. The van der Waals surface area contributed by atoms with Gasteiger partial charge in [-0.3, -0.25) is 9.59 Å². The third-order valence-corrected chi connectivity index (χ3v) is 3.18. The van der Waals surface area contributed by atoms with Gasteiger partial charge in [0.15, 0.2) is 11.6 Å². The number of phenols is 1. The molecule has 0 atom stereocenters. The summed E-state index contributed by atoms with van der Waals surface area (Å²) in [5.74, 6) is -0.423. The zero-order valence-corrected chi connectivity index (χ0v) is 11.9. The molecule has 0 amide bonds. The quantitative estimate of drug-likeness (QED) is 0.676. The number of aromatic hydroxyl groups is 1. The molecule has 4 nitrogen and oxygen atoms in total. The molecule has 0 aliphatic heterocycles. The van der Waals surface area contributed by atoms with Gasteiger partial charge in [0, 0.05) is 0 Å². The van der Waals surface area contributed by atoms with Crippen LogP contribution < -0.4 is 4.74 Å². The maximum atomic E-state index is 12.2. The molecule has 0 unspecified atom stereocenters. The molecule has 0 saturated carbocycles. The number of carbonyl (C=O) groups excluding carboxylic acids is 2. The molecule has 2 rings (SSSR count). The van der Waals surface area contributed by atoms with E-state index in [4.69, 9.17) is 4.74 Å². The Balaban J connectivity index is 2.23. The molecule has 0 fully saturated rings. The van der Waals surface area contributed by atoms with Gasteiger partial charge in [-0.05, 0) is 31.2 Å². The van der Waals surface area contributed by atoms with Gasteiger partial charge in [0.2, 0.25) is 0 Å². The van der Waals surface area contributed by atoms with E-state index in [1.54, 1.807) is 36.4 Å². The van der Waals surface area contributed by atoms with Gasteiger partial charge in [0.05, 0.1) is 24.7 Å². The SMILES string of the molecule is COc1ccccc1C(=O)CC(=O)c1cc(C)ccc1O. The number of rotatable bonds is 5. The molecule has 0 aromatic heterocycles. The lowest BCUT2D eigenvalue weighted by atomic mass is 9.99. The first-order chi connectivity index (χ1) is 10.0. The van der Waals surface area contributed by atoms with Crippen molar-refractivity contribution < 1.29 is 19.4 Å². The predicted octanol–water partition coefficient (Wildman–Crippen LogP) is 3.16. The van der Waals surface area contributed by atoms with Crippen LogP contribution in [0, 0.1) is 6.92 Å². The van der Waals surface area contributed by atoms with Crippen molar-refractivity contribution in [3.8, 4) is 11.5 Å². The minimum atomic E-state index is -0.410. The van der Waals surface area contributed by atoms with E-state index in [0.29, 0.717) is 11.3 Å². The summed E-state index contributed by atoms with van der Waals surface area (Å²) >= 11 is 0. The molecular formula is C17H16O4. The average molecular weight is 284 g/mol. The van der Waals surface area contributed by atoms with E-state index in [1.807, 2.05) is 6.92 Å². The summed E-state index contributed by atoms with van der Waals surface area (Å²) in [6.45, 7) is 1.82. The summed E-state index contributed by atoms with van der Waals surface area (Å²) in [6, 6.07) is 11.5. The van der Waals surface area contributed by atoms with Gasteiger partial charge in [0.25, 0.3) is 0 Å². The van der Waals surface area contributed by atoms with Crippen LogP contribution in [0.4, 0.5) is 0 Å². The number of hydrogen-bond acceptors (Lipinski definition) is 4. The van der Waals surface area contributed by atoms with Crippen LogP contribution in [0.1, 0.15) is 32.7 Å². The highest BCUT2D eigenvalue weighted by atomic mass is 16.5. The Kier molecular flexibility index (Phi) is 4.38. The Morgan fingerprint density at radius 2 is 1.71 bits per heavy atom. The topological polar surface area (TPSA) is 63.6 Å². The normalized spacial score (nSPS) is 10.2. The minimum absolute atomic E-state index is 0.113. The highest BCUT2D eigenvalue weighted by Crippen LogP contribution is 2.23. The molecule has 4 heteroatoms. The van der Waals surface area contributed by atoms with Crippen molar-refractivity contribution >= 4 is 11.6 Å².